The molecule has 1 heterocycles. The number of carbonyl (C=O) groups is 1. The number of Topliss-reactive ketones (excluding diaryl/α,β-unsaturated/α-hetero) is 1. The maximum atomic E-state index is 12.0. The second kappa shape index (κ2) is 6.41. The van der Waals surface area contributed by atoms with Crippen molar-refractivity contribution in [2.75, 3.05) is 5.75 Å². The van der Waals surface area contributed by atoms with Crippen LogP contribution in [0, 0.1) is 5.41 Å². The maximum absolute atomic E-state index is 12.0. The van der Waals surface area contributed by atoms with E-state index < -0.39 is 27.6 Å². The van der Waals surface area contributed by atoms with E-state index in [9.17, 15) is 13.2 Å². The molecule has 0 bridgehead atoms. The third-order valence-corrected chi connectivity index (χ3v) is 3.61. The Morgan fingerprint density at radius 2 is 1.95 bits per heavy atom. The zero-order valence-electron chi connectivity index (χ0n) is 11.4. The molecule has 0 amide bonds. The van der Waals surface area contributed by atoms with Gasteiger partial charge in [-0.05, 0) is 24.3 Å². The predicted molar refractivity (Wildman–Crippen MR) is 80.0 cm³/mol. The molecule has 0 saturated heterocycles. The summed E-state index contributed by atoms with van der Waals surface area (Å²) in [6.45, 7) is 0. The number of nitrogens with two attached hydrogens (primary N) is 1. The zero-order valence-corrected chi connectivity index (χ0v) is 12.2. The van der Waals surface area contributed by atoms with Gasteiger partial charge in [0.1, 0.15) is 5.75 Å². The van der Waals surface area contributed by atoms with Crippen LogP contribution < -0.4 is 11.2 Å². The van der Waals surface area contributed by atoms with Gasteiger partial charge >= 0.3 is 0 Å². The van der Waals surface area contributed by atoms with Crippen molar-refractivity contribution in [3.05, 3.63) is 54.4 Å². The molecule has 0 radical (unpaired) electrons. The van der Waals surface area contributed by atoms with Crippen LogP contribution in [-0.4, -0.2) is 30.5 Å². The molecule has 116 valence electrons. The van der Waals surface area contributed by atoms with E-state index in [2.05, 4.69) is 4.28 Å². The number of hydrogen-bond donors (Lipinski definition) is 3. The van der Waals surface area contributed by atoms with Crippen molar-refractivity contribution >= 4 is 21.9 Å². The molecule has 0 aliphatic heterocycles. The summed E-state index contributed by atoms with van der Waals surface area (Å²) in [5, 5.41) is 6.82. The van der Waals surface area contributed by atoms with Crippen LogP contribution in [0.3, 0.4) is 0 Å². The Labute approximate surface area is 127 Å². The number of hydroxylamine groups is 1. The molecular weight excluding hydrogens is 308 g/mol. The number of carbonyl (C=O) groups excluding carboxylic acids is 1. The van der Waals surface area contributed by atoms with Crippen molar-refractivity contribution in [1.82, 2.24) is 10.0 Å². The van der Waals surface area contributed by atoms with Crippen LogP contribution >= 0.6 is 0 Å². The lowest BCUT2D eigenvalue weighted by atomic mass is 10.1. The molecule has 0 atom stereocenters. The lowest BCUT2D eigenvalue weighted by molar-refractivity contribution is 0.101. The monoisotopic (exact) mass is 322 g/mol. The summed E-state index contributed by atoms with van der Waals surface area (Å²) in [5.41, 5.74) is 7.57. The van der Waals surface area contributed by atoms with Crippen molar-refractivity contribution in [2.45, 2.75) is 0 Å². The van der Waals surface area contributed by atoms with E-state index in [4.69, 9.17) is 11.1 Å². The van der Waals surface area contributed by atoms with Gasteiger partial charge in [-0.25, -0.2) is 5.48 Å². The third kappa shape index (κ3) is 4.17. The van der Waals surface area contributed by atoms with Gasteiger partial charge in [0.25, 0.3) is 10.1 Å². The maximum Gasteiger partial charge on any atom is 0.295 e. The first-order chi connectivity index (χ1) is 10.4. The topological polar surface area (TPSA) is 127 Å². The SMILES string of the molecule is N=C(N)NOS(=O)(=O)CC(=O)c1cccc(-n2cccc2)c1. The van der Waals surface area contributed by atoms with Crippen LogP contribution in [0.2, 0.25) is 0 Å². The Morgan fingerprint density at radius 3 is 2.59 bits per heavy atom. The van der Waals surface area contributed by atoms with E-state index in [0.29, 0.717) is 0 Å². The van der Waals surface area contributed by atoms with Gasteiger partial charge in [-0.2, -0.15) is 8.42 Å². The fourth-order valence-electron chi connectivity index (χ4n) is 1.73. The van der Waals surface area contributed by atoms with Crippen molar-refractivity contribution in [2.24, 2.45) is 5.73 Å². The van der Waals surface area contributed by atoms with E-state index in [1.807, 2.05) is 12.1 Å². The molecule has 4 N–H and O–H groups in total. The predicted octanol–water partition coefficient (Wildman–Crippen LogP) is 0.404. The van der Waals surface area contributed by atoms with Crippen LogP contribution in [0.1, 0.15) is 10.4 Å². The highest BCUT2D eigenvalue weighted by atomic mass is 32.2. The van der Waals surface area contributed by atoms with Gasteiger partial charge in [0, 0.05) is 23.6 Å². The number of aromatic nitrogens is 1. The Kier molecular flexibility index (Phi) is 4.59. The van der Waals surface area contributed by atoms with Gasteiger partial charge in [-0.3, -0.25) is 10.2 Å². The van der Waals surface area contributed by atoms with Crippen molar-refractivity contribution < 1.29 is 17.5 Å². The minimum absolute atomic E-state index is 0.237. The Balaban J connectivity index is 2.13. The fourth-order valence-corrected chi connectivity index (χ4v) is 2.49. The molecule has 2 aromatic rings. The number of rotatable bonds is 6. The molecule has 2 rings (SSSR count). The largest absolute Gasteiger partial charge is 0.368 e. The number of nitrogens with zero attached hydrogens (tertiary/aromatic N) is 1. The van der Waals surface area contributed by atoms with E-state index >= 15 is 0 Å². The Bertz CT molecular complexity index is 784. The summed E-state index contributed by atoms with van der Waals surface area (Å²) < 4.78 is 29.2. The molecule has 0 aliphatic carbocycles. The summed E-state index contributed by atoms with van der Waals surface area (Å²) in [7, 11) is -4.18. The molecule has 0 saturated carbocycles. The molecule has 9 heteroatoms. The van der Waals surface area contributed by atoms with Crippen LogP contribution in [0.25, 0.3) is 5.69 Å². The lowest BCUT2D eigenvalue weighted by Crippen LogP contribution is -2.34. The number of guanidine groups is 1. The summed E-state index contributed by atoms with van der Waals surface area (Å²) >= 11 is 0. The molecule has 22 heavy (non-hydrogen) atoms. The standard InChI is InChI=1S/C13H14N4O4S/c14-13(15)16-21-22(19,20)9-12(18)10-4-3-5-11(8-10)17-6-1-2-7-17/h1-8H,9H2,(H4,14,15,16). The number of hydrogen-bond acceptors (Lipinski definition) is 5. The highest BCUT2D eigenvalue weighted by Crippen LogP contribution is 2.12. The van der Waals surface area contributed by atoms with Crippen LogP contribution in [0.5, 0.6) is 0 Å². The Morgan fingerprint density at radius 1 is 1.27 bits per heavy atom. The molecule has 0 aliphatic rings. The van der Waals surface area contributed by atoms with E-state index in [0.717, 1.165) is 5.69 Å². The Hall–Kier alpha value is -2.65. The van der Waals surface area contributed by atoms with E-state index in [1.54, 1.807) is 40.6 Å². The molecule has 8 nitrogen and oxygen atoms in total. The lowest BCUT2D eigenvalue weighted by Gasteiger charge is -2.07. The zero-order chi connectivity index (χ0) is 16.2. The van der Waals surface area contributed by atoms with Crippen LogP contribution in [0.4, 0.5) is 0 Å². The average molecular weight is 322 g/mol. The minimum Gasteiger partial charge on any atom is -0.368 e. The smallest absolute Gasteiger partial charge is 0.295 e. The van der Waals surface area contributed by atoms with Crippen molar-refractivity contribution in [3.63, 3.8) is 0 Å². The highest BCUT2D eigenvalue weighted by molar-refractivity contribution is 7.87. The molecule has 0 unspecified atom stereocenters. The molecule has 1 aromatic carbocycles. The number of ketones is 1. The summed E-state index contributed by atoms with van der Waals surface area (Å²) in [4.78, 5) is 12.0. The van der Waals surface area contributed by atoms with Gasteiger partial charge in [0.05, 0.1) is 0 Å². The van der Waals surface area contributed by atoms with Crippen molar-refractivity contribution in [3.8, 4) is 5.69 Å². The average Bonchev–Trinajstić information content (AvgIpc) is 2.99. The van der Waals surface area contributed by atoms with Crippen LogP contribution in [0.15, 0.2) is 48.8 Å². The minimum atomic E-state index is -4.18. The molecule has 0 fully saturated rings. The number of benzene rings is 1. The van der Waals surface area contributed by atoms with E-state index in [1.165, 1.54) is 6.07 Å². The quantitative estimate of drug-likeness (QED) is 0.306. The second-order valence-electron chi connectivity index (χ2n) is 4.36. The highest BCUT2D eigenvalue weighted by Gasteiger charge is 2.20. The van der Waals surface area contributed by atoms with Gasteiger partial charge in [0.15, 0.2) is 5.78 Å². The molecule has 1 aromatic heterocycles. The van der Waals surface area contributed by atoms with Crippen LogP contribution in [-0.2, 0) is 14.4 Å². The normalized spacial score (nSPS) is 11.1. The third-order valence-electron chi connectivity index (χ3n) is 2.66. The first-order valence-electron chi connectivity index (χ1n) is 6.15. The van der Waals surface area contributed by atoms with E-state index in [-0.39, 0.29) is 5.56 Å². The van der Waals surface area contributed by atoms with Gasteiger partial charge in [-0.15, -0.1) is 4.28 Å². The summed E-state index contributed by atoms with van der Waals surface area (Å²) in [5.74, 6) is -2.16. The first-order valence-corrected chi connectivity index (χ1v) is 7.73. The first kappa shape index (κ1) is 15.7. The van der Waals surface area contributed by atoms with Gasteiger partial charge in [0.2, 0.25) is 5.96 Å². The number of nitrogens with one attached hydrogen (secondary N) is 2. The van der Waals surface area contributed by atoms with Gasteiger partial charge in [-0.1, -0.05) is 12.1 Å². The fraction of sp³-hybridized carbons (Fsp3) is 0.0769. The van der Waals surface area contributed by atoms with Gasteiger partial charge < -0.3 is 10.3 Å². The second-order valence-corrected chi connectivity index (χ2v) is 5.94. The summed E-state index contributed by atoms with van der Waals surface area (Å²) in [6, 6.07) is 10.2. The summed E-state index contributed by atoms with van der Waals surface area (Å²) in [6.07, 6.45) is 3.61. The van der Waals surface area contributed by atoms with Crippen molar-refractivity contribution in [1.29, 1.82) is 5.41 Å². The molecular formula is C13H14N4O4S. The molecule has 0 spiro atoms.